The maximum atomic E-state index is 12.1. The normalized spacial score (nSPS) is 13.7. The molecule has 6 nitrogen and oxygen atoms in total. The molecule has 0 saturated heterocycles. The highest BCUT2D eigenvalue weighted by atomic mass is 35.5. The molecule has 1 aromatic heterocycles. The molecule has 1 aliphatic heterocycles. The number of halogens is 1. The number of carbonyl (C=O) groups is 1. The molecule has 1 amide bonds. The van der Waals surface area contributed by atoms with E-state index >= 15 is 0 Å². The van der Waals surface area contributed by atoms with E-state index in [9.17, 15) is 9.90 Å². The van der Waals surface area contributed by atoms with Gasteiger partial charge in [0.2, 0.25) is 11.9 Å². The number of hydrogen-bond donors (Lipinski definition) is 3. The van der Waals surface area contributed by atoms with Gasteiger partial charge in [0.05, 0.1) is 30.5 Å². The molecule has 0 bridgehead atoms. The Kier molecular flexibility index (Phi) is 5.23. The number of aromatic nitrogens is 2. The van der Waals surface area contributed by atoms with Gasteiger partial charge in [-0.15, -0.1) is 0 Å². The smallest absolute Gasteiger partial charge is 0.228 e. The van der Waals surface area contributed by atoms with Crippen molar-refractivity contribution < 1.29 is 9.90 Å². The summed E-state index contributed by atoms with van der Waals surface area (Å²) in [6.45, 7) is -0.0697. The summed E-state index contributed by atoms with van der Waals surface area (Å²) in [5, 5.41) is 16.5. The van der Waals surface area contributed by atoms with Gasteiger partial charge in [-0.05, 0) is 30.2 Å². The van der Waals surface area contributed by atoms with Crippen molar-refractivity contribution in [3.05, 3.63) is 70.9 Å². The van der Waals surface area contributed by atoms with Gasteiger partial charge in [0.15, 0.2) is 0 Å². The molecular formula is C21H19ClN4O2. The quantitative estimate of drug-likeness (QED) is 0.618. The van der Waals surface area contributed by atoms with Crippen molar-refractivity contribution in [2.45, 2.75) is 18.9 Å². The Bertz CT molecular complexity index is 1010. The molecule has 142 valence electrons. The Morgan fingerprint density at radius 3 is 2.75 bits per heavy atom. The maximum absolute atomic E-state index is 12.1. The van der Waals surface area contributed by atoms with Crippen molar-refractivity contribution >= 4 is 29.1 Å². The topological polar surface area (TPSA) is 87.1 Å². The van der Waals surface area contributed by atoms with E-state index in [1.54, 1.807) is 6.20 Å². The van der Waals surface area contributed by atoms with Crippen molar-refractivity contribution in [1.82, 2.24) is 9.97 Å². The second-order valence-corrected chi connectivity index (χ2v) is 7.13. The summed E-state index contributed by atoms with van der Waals surface area (Å²) in [6, 6.07) is 14.8. The predicted molar refractivity (Wildman–Crippen MR) is 109 cm³/mol. The van der Waals surface area contributed by atoms with Crippen LogP contribution >= 0.6 is 11.6 Å². The van der Waals surface area contributed by atoms with Crippen LogP contribution in [0.25, 0.3) is 11.3 Å². The Morgan fingerprint density at radius 1 is 1.18 bits per heavy atom. The monoisotopic (exact) mass is 394 g/mol. The van der Waals surface area contributed by atoms with Crippen molar-refractivity contribution in [2.24, 2.45) is 0 Å². The molecule has 3 N–H and O–H groups in total. The van der Waals surface area contributed by atoms with Gasteiger partial charge in [0, 0.05) is 22.3 Å². The zero-order chi connectivity index (χ0) is 19.5. The van der Waals surface area contributed by atoms with Crippen LogP contribution in [0.1, 0.15) is 11.1 Å². The van der Waals surface area contributed by atoms with E-state index < -0.39 is 0 Å². The third-order valence-electron chi connectivity index (χ3n) is 4.62. The minimum atomic E-state index is -0.250. The van der Waals surface area contributed by atoms with Crippen LogP contribution in [0.2, 0.25) is 5.02 Å². The Balaban J connectivity index is 1.61. The standard InChI is InChI=1S/C21H19ClN4O2/c22-15-7-5-13(6-8-15)9-16(12-27)24-21-23-11-14-10-19(28)25-18-4-2-1-3-17(18)20(14)26-21/h1-8,11,16,27H,9-10,12H2,(H,25,28)(H,23,24,26). The van der Waals surface area contributed by atoms with Gasteiger partial charge >= 0.3 is 0 Å². The van der Waals surface area contributed by atoms with Gasteiger partial charge in [0.25, 0.3) is 0 Å². The van der Waals surface area contributed by atoms with Crippen molar-refractivity contribution in [1.29, 1.82) is 0 Å². The number of anilines is 2. The summed E-state index contributed by atoms with van der Waals surface area (Å²) in [5.74, 6) is 0.322. The van der Waals surface area contributed by atoms with E-state index in [1.165, 1.54) is 0 Å². The second-order valence-electron chi connectivity index (χ2n) is 6.69. The fourth-order valence-corrected chi connectivity index (χ4v) is 3.38. The highest BCUT2D eigenvalue weighted by molar-refractivity contribution is 6.30. The molecule has 28 heavy (non-hydrogen) atoms. The fraction of sp³-hybridized carbons (Fsp3) is 0.190. The van der Waals surface area contributed by atoms with Gasteiger partial charge < -0.3 is 15.7 Å². The molecule has 0 radical (unpaired) electrons. The molecular weight excluding hydrogens is 376 g/mol. The summed E-state index contributed by atoms with van der Waals surface area (Å²) >= 11 is 5.93. The lowest BCUT2D eigenvalue weighted by Gasteiger charge is -2.17. The first-order valence-corrected chi connectivity index (χ1v) is 9.37. The van der Waals surface area contributed by atoms with Gasteiger partial charge in [-0.2, -0.15) is 0 Å². The lowest BCUT2D eigenvalue weighted by molar-refractivity contribution is -0.115. The summed E-state index contributed by atoms with van der Waals surface area (Å²) in [5.41, 5.74) is 4.12. The number of aliphatic hydroxyl groups excluding tert-OH is 1. The third-order valence-corrected chi connectivity index (χ3v) is 4.87. The molecule has 0 saturated carbocycles. The zero-order valence-corrected chi connectivity index (χ0v) is 15.8. The lowest BCUT2D eigenvalue weighted by Crippen LogP contribution is -2.27. The number of rotatable bonds is 5. The molecule has 3 aromatic rings. The van der Waals surface area contributed by atoms with Crippen LogP contribution < -0.4 is 10.6 Å². The van der Waals surface area contributed by atoms with E-state index in [4.69, 9.17) is 11.6 Å². The molecule has 1 unspecified atom stereocenters. The van der Waals surface area contributed by atoms with Gasteiger partial charge in [-0.25, -0.2) is 9.97 Å². The number of fused-ring (bicyclic) bond motifs is 3. The number of hydrogen-bond acceptors (Lipinski definition) is 5. The molecule has 4 rings (SSSR count). The summed E-state index contributed by atoms with van der Waals surface area (Å²) in [7, 11) is 0. The number of carbonyl (C=O) groups excluding carboxylic acids is 1. The molecule has 1 atom stereocenters. The number of nitrogens with one attached hydrogen (secondary N) is 2. The number of amides is 1. The molecule has 7 heteroatoms. The van der Waals surface area contributed by atoms with E-state index in [2.05, 4.69) is 20.6 Å². The lowest BCUT2D eigenvalue weighted by atomic mass is 10.1. The molecule has 0 spiro atoms. The van der Waals surface area contributed by atoms with Crippen LogP contribution in [-0.4, -0.2) is 33.6 Å². The van der Waals surface area contributed by atoms with E-state index in [1.807, 2.05) is 48.5 Å². The molecule has 1 aliphatic rings. The highest BCUT2D eigenvalue weighted by Crippen LogP contribution is 2.32. The summed E-state index contributed by atoms with van der Waals surface area (Å²) in [6.07, 6.45) is 2.49. The molecule has 2 aromatic carbocycles. The molecule has 0 aliphatic carbocycles. The van der Waals surface area contributed by atoms with E-state index in [-0.39, 0.29) is 25.0 Å². The highest BCUT2D eigenvalue weighted by Gasteiger charge is 2.21. The molecule has 2 heterocycles. The van der Waals surface area contributed by atoms with Gasteiger partial charge in [0.1, 0.15) is 0 Å². The van der Waals surface area contributed by atoms with Crippen LogP contribution in [0.4, 0.5) is 11.6 Å². The number of aliphatic hydroxyl groups is 1. The minimum absolute atomic E-state index is 0.0697. The first kappa shape index (κ1) is 18.4. The summed E-state index contributed by atoms with van der Waals surface area (Å²) < 4.78 is 0. The first-order valence-electron chi connectivity index (χ1n) is 8.99. The molecule has 0 fully saturated rings. The van der Waals surface area contributed by atoms with Crippen LogP contribution in [0.5, 0.6) is 0 Å². The van der Waals surface area contributed by atoms with Gasteiger partial charge in [-0.1, -0.05) is 41.9 Å². The third kappa shape index (κ3) is 3.98. The Labute approximate surface area is 167 Å². The Hall–Kier alpha value is -2.96. The zero-order valence-electron chi connectivity index (χ0n) is 15.0. The number of nitrogens with zero attached hydrogens (tertiary/aromatic N) is 2. The Morgan fingerprint density at radius 2 is 1.96 bits per heavy atom. The fourth-order valence-electron chi connectivity index (χ4n) is 3.25. The van der Waals surface area contributed by atoms with Crippen molar-refractivity contribution in [3.63, 3.8) is 0 Å². The summed E-state index contributed by atoms with van der Waals surface area (Å²) in [4.78, 5) is 21.1. The average Bonchev–Trinajstić information content (AvgIpc) is 2.84. The van der Waals surface area contributed by atoms with Crippen LogP contribution in [0.3, 0.4) is 0 Å². The van der Waals surface area contributed by atoms with Gasteiger partial charge in [-0.3, -0.25) is 4.79 Å². The number of benzene rings is 2. The van der Waals surface area contributed by atoms with Crippen molar-refractivity contribution in [3.8, 4) is 11.3 Å². The van der Waals surface area contributed by atoms with Crippen LogP contribution in [0, 0.1) is 0 Å². The first-order chi connectivity index (χ1) is 13.6. The van der Waals surface area contributed by atoms with Crippen LogP contribution in [0.15, 0.2) is 54.7 Å². The number of para-hydroxylation sites is 1. The van der Waals surface area contributed by atoms with E-state index in [0.29, 0.717) is 17.4 Å². The largest absolute Gasteiger partial charge is 0.394 e. The second kappa shape index (κ2) is 7.96. The average molecular weight is 395 g/mol. The van der Waals surface area contributed by atoms with E-state index in [0.717, 1.165) is 28.1 Å². The van der Waals surface area contributed by atoms with Crippen LogP contribution in [-0.2, 0) is 17.6 Å². The SMILES string of the molecule is O=C1Cc2cnc(NC(CO)Cc3ccc(Cl)cc3)nc2-c2ccccc2N1. The maximum Gasteiger partial charge on any atom is 0.228 e. The van der Waals surface area contributed by atoms with Crippen molar-refractivity contribution in [2.75, 3.05) is 17.2 Å². The minimum Gasteiger partial charge on any atom is -0.394 e. The predicted octanol–water partition coefficient (Wildman–Crippen LogP) is 3.31.